The molecule has 0 spiro atoms. The van der Waals surface area contributed by atoms with Crippen molar-refractivity contribution < 1.29 is 9.59 Å². The second-order valence-electron chi connectivity index (χ2n) is 8.14. The molecule has 4 aromatic rings. The highest BCUT2D eigenvalue weighted by molar-refractivity contribution is 6.29. The predicted molar refractivity (Wildman–Crippen MR) is 140 cm³/mol. The maximum absolute atomic E-state index is 13.7. The Balaban J connectivity index is 1.71. The van der Waals surface area contributed by atoms with Crippen LogP contribution in [-0.4, -0.2) is 22.7 Å². The zero-order chi connectivity index (χ0) is 24.6. The van der Waals surface area contributed by atoms with Crippen LogP contribution in [0.4, 0.5) is 5.69 Å². The van der Waals surface area contributed by atoms with Gasteiger partial charge in [-0.3, -0.25) is 19.5 Å². The zero-order valence-electron chi connectivity index (χ0n) is 19.3. The lowest BCUT2D eigenvalue weighted by Gasteiger charge is -2.32. The fourth-order valence-electron chi connectivity index (χ4n) is 4.02. The molecule has 1 heterocycles. The summed E-state index contributed by atoms with van der Waals surface area (Å²) < 4.78 is 0. The molecule has 176 valence electrons. The molecule has 3 aromatic carbocycles. The summed E-state index contributed by atoms with van der Waals surface area (Å²) in [5, 5.41) is 3.06. The lowest BCUT2D eigenvalue weighted by Crippen LogP contribution is -2.45. The third-order valence-corrected chi connectivity index (χ3v) is 6.03. The number of pyridine rings is 1. The highest BCUT2D eigenvalue weighted by Crippen LogP contribution is 2.31. The SMILES string of the molecule is C[C@H](NC(=O)[C@@H](c1cccnc1)N(C(=O)CCl)c1ccc(-c2ccccc2)cc1)c1ccccc1. The number of carbonyl (C=O) groups excluding carboxylic acids is 2. The normalized spacial score (nSPS) is 12.4. The Hall–Kier alpha value is -3.96. The number of aromatic nitrogens is 1. The summed E-state index contributed by atoms with van der Waals surface area (Å²) in [5.41, 5.74) is 4.20. The second kappa shape index (κ2) is 11.4. The van der Waals surface area contributed by atoms with E-state index in [-0.39, 0.29) is 23.7 Å². The number of nitrogens with one attached hydrogen (secondary N) is 1. The van der Waals surface area contributed by atoms with Crippen LogP contribution in [0.2, 0.25) is 0 Å². The molecule has 35 heavy (non-hydrogen) atoms. The summed E-state index contributed by atoms with van der Waals surface area (Å²) in [4.78, 5) is 32.5. The van der Waals surface area contributed by atoms with Crippen molar-refractivity contribution in [3.8, 4) is 11.1 Å². The van der Waals surface area contributed by atoms with Crippen LogP contribution in [0, 0.1) is 0 Å². The molecule has 6 heteroatoms. The molecule has 4 rings (SSSR count). The summed E-state index contributed by atoms with van der Waals surface area (Å²) in [7, 11) is 0. The van der Waals surface area contributed by atoms with Crippen molar-refractivity contribution in [2.24, 2.45) is 0 Å². The first-order valence-corrected chi connectivity index (χ1v) is 11.9. The van der Waals surface area contributed by atoms with Gasteiger partial charge in [-0.15, -0.1) is 11.6 Å². The number of nitrogens with zero attached hydrogens (tertiary/aromatic N) is 2. The van der Waals surface area contributed by atoms with Crippen LogP contribution < -0.4 is 10.2 Å². The maximum atomic E-state index is 13.7. The molecule has 1 N–H and O–H groups in total. The smallest absolute Gasteiger partial charge is 0.248 e. The molecule has 0 bridgehead atoms. The van der Waals surface area contributed by atoms with Gasteiger partial charge in [-0.05, 0) is 41.8 Å². The molecule has 5 nitrogen and oxygen atoms in total. The van der Waals surface area contributed by atoms with Crippen LogP contribution in [0.1, 0.15) is 30.1 Å². The molecule has 0 aliphatic carbocycles. The Morgan fingerprint density at radius 3 is 2.03 bits per heavy atom. The molecular weight excluding hydrogens is 458 g/mol. The molecule has 1 aromatic heterocycles. The van der Waals surface area contributed by atoms with Gasteiger partial charge >= 0.3 is 0 Å². The first-order valence-electron chi connectivity index (χ1n) is 11.4. The number of anilines is 1. The van der Waals surface area contributed by atoms with Gasteiger partial charge in [-0.2, -0.15) is 0 Å². The summed E-state index contributed by atoms with van der Waals surface area (Å²) in [6, 6.07) is 29.5. The van der Waals surface area contributed by atoms with Crippen molar-refractivity contribution in [2.75, 3.05) is 10.8 Å². The van der Waals surface area contributed by atoms with E-state index in [2.05, 4.69) is 10.3 Å². The summed E-state index contributed by atoms with van der Waals surface area (Å²) in [5.74, 6) is -0.964. The van der Waals surface area contributed by atoms with Gasteiger partial charge in [-0.1, -0.05) is 78.9 Å². The van der Waals surface area contributed by atoms with E-state index in [1.165, 1.54) is 4.90 Å². The van der Waals surface area contributed by atoms with Gasteiger partial charge in [0.05, 0.1) is 6.04 Å². The summed E-state index contributed by atoms with van der Waals surface area (Å²) in [6.45, 7) is 1.91. The quantitative estimate of drug-likeness (QED) is 0.315. The van der Waals surface area contributed by atoms with Crippen LogP contribution in [-0.2, 0) is 9.59 Å². The molecule has 0 saturated carbocycles. The van der Waals surface area contributed by atoms with Gasteiger partial charge in [0, 0.05) is 23.6 Å². The number of hydrogen-bond donors (Lipinski definition) is 1. The van der Waals surface area contributed by atoms with Gasteiger partial charge in [0.25, 0.3) is 0 Å². The lowest BCUT2D eigenvalue weighted by atomic mass is 10.0. The first kappa shape index (κ1) is 24.2. The molecule has 2 atom stereocenters. The molecule has 0 fully saturated rings. The number of halogens is 1. The summed E-state index contributed by atoms with van der Waals surface area (Å²) >= 11 is 6.02. The number of benzene rings is 3. The minimum atomic E-state index is -0.941. The minimum absolute atomic E-state index is 0.253. The second-order valence-corrected chi connectivity index (χ2v) is 8.41. The van der Waals surface area contributed by atoms with E-state index in [1.807, 2.05) is 91.9 Å². The maximum Gasteiger partial charge on any atom is 0.248 e. The Kier molecular flexibility index (Phi) is 7.91. The first-order chi connectivity index (χ1) is 17.1. The van der Waals surface area contributed by atoms with E-state index in [0.29, 0.717) is 11.3 Å². The Bertz CT molecular complexity index is 1250. The van der Waals surface area contributed by atoms with Crippen LogP contribution in [0.25, 0.3) is 11.1 Å². The monoisotopic (exact) mass is 483 g/mol. The number of amides is 2. The van der Waals surface area contributed by atoms with Crippen LogP contribution in [0.3, 0.4) is 0 Å². The van der Waals surface area contributed by atoms with Crippen molar-refractivity contribution in [1.82, 2.24) is 10.3 Å². The molecule has 0 unspecified atom stereocenters. The predicted octanol–water partition coefficient (Wildman–Crippen LogP) is 5.94. The van der Waals surface area contributed by atoms with Crippen molar-refractivity contribution in [3.05, 3.63) is 121 Å². The topological polar surface area (TPSA) is 62.3 Å². The highest BCUT2D eigenvalue weighted by atomic mass is 35.5. The van der Waals surface area contributed by atoms with Gasteiger partial charge in [-0.25, -0.2) is 0 Å². The fraction of sp³-hybridized carbons (Fsp3) is 0.138. The average molecular weight is 484 g/mol. The minimum Gasteiger partial charge on any atom is -0.347 e. The van der Waals surface area contributed by atoms with E-state index in [4.69, 9.17) is 11.6 Å². The number of carbonyl (C=O) groups is 2. The third-order valence-electron chi connectivity index (χ3n) is 5.80. The molecule has 0 aliphatic rings. The third kappa shape index (κ3) is 5.76. The molecular formula is C29H26ClN3O2. The van der Waals surface area contributed by atoms with Crippen LogP contribution >= 0.6 is 11.6 Å². The highest BCUT2D eigenvalue weighted by Gasteiger charge is 2.33. The Labute approximate surface area is 210 Å². The van der Waals surface area contributed by atoms with Gasteiger partial charge in [0.2, 0.25) is 11.8 Å². The molecule has 2 amide bonds. The average Bonchev–Trinajstić information content (AvgIpc) is 2.92. The fourth-order valence-corrected chi connectivity index (χ4v) is 4.15. The van der Waals surface area contributed by atoms with E-state index in [0.717, 1.165) is 16.7 Å². The number of rotatable bonds is 8. The van der Waals surface area contributed by atoms with E-state index in [1.54, 1.807) is 24.5 Å². The summed E-state index contributed by atoms with van der Waals surface area (Å²) in [6.07, 6.45) is 3.23. The standard InChI is InChI=1S/C29H26ClN3O2/c1-21(22-9-4-2-5-10-22)32-29(35)28(25-13-8-18-31-20-25)33(27(34)19-30)26-16-14-24(15-17-26)23-11-6-3-7-12-23/h2-18,20-21,28H,19H2,1H3,(H,32,35)/t21-,28+/m0/s1. The van der Waals surface area contributed by atoms with Crippen LogP contribution in [0.5, 0.6) is 0 Å². The largest absolute Gasteiger partial charge is 0.347 e. The lowest BCUT2D eigenvalue weighted by molar-refractivity contribution is -0.126. The van der Waals surface area contributed by atoms with E-state index >= 15 is 0 Å². The van der Waals surface area contributed by atoms with Gasteiger partial charge < -0.3 is 5.32 Å². The zero-order valence-corrected chi connectivity index (χ0v) is 20.1. The molecule has 0 saturated heterocycles. The van der Waals surface area contributed by atoms with Crippen molar-refractivity contribution in [2.45, 2.75) is 19.0 Å². The van der Waals surface area contributed by atoms with Gasteiger partial charge in [0.15, 0.2) is 0 Å². The Morgan fingerprint density at radius 1 is 0.829 bits per heavy atom. The van der Waals surface area contributed by atoms with Crippen molar-refractivity contribution >= 4 is 29.1 Å². The van der Waals surface area contributed by atoms with Crippen molar-refractivity contribution in [1.29, 1.82) is 0 Å². The number of alkyl halides is 1. The van der Waals surface area contributed by atoms with Crippen LogP contribution in [0.15, 0.2) is 109 Å². The van der Waals surface area contributed by atoms with E-state index < -0.39 is 6.04 Å². The Morgan fingerprint density at radius 2 is 1.43 bits per heavy atom. The van der Waals surface area contributed by atoms with Gasteiger partial charge in [0.1, 0.15) is 11.9 Å². The van der Waals surface area contributed by atoms with E-state index in [9.17, 15) is 9.59 Å². The molecule has 0 radical (unpaired) electrons. The van der Waals surface area contributed by atoms with Crippen molar-refractivity contribution in [3.63, 3.8) is 0 Å². The number of hydrogen-bond acceptors (Lipinski definition) is 3. The molecule has 0 aliphatic heterocycles.